The summed E-state index contributed by atoms with van der Waals surface area (Å²) in [7, 11) is 0. The molecule has 0 aliphatic heterocycles. The van der Waals surface area contributed by atoms with Gasteiger partial charge in [0.25, 0.3) is 5.91 Å². The van der Waals surface area contributed by atoms with Crippen molar-refractivity contribution < 1.29 is 23.1 Å². The van der Waals surface area contributed by atoms with Crippen LogP contribution in [0.5, 0.6) is 0 Å². The second-order valence-electron chi connectivity index (χ2n) is 5.14. The molecule has 2 N–H and O–H groups in total. The van der Waals surface area contributed by atoms with Gasteiger partial charge < -0.3 is 5.11 Å². The number of carbonyl (C=O) groups is 1. The fraction of sp³-hybridized carbons (Fsp3) is 0.357. The maximum atomic E-state index is 12.5. The average Bonchev–Trinajstić information content (AvgIpc) is 2.96. The summed E-state index contributed by atoms with van der Waals surface area (Å²) in [5.41, 5.74) is -1.10. The van der Waals surface area contributed by atoms with Crippen LogP contribution in [-0.4, -0.2) is 26.8 Å². The molecule has 0 saturated carbocycles. The molecule has 0 fully saturated rings. The predicted octanol–water partition coefficient (Wildman–Crippen LogP) is 3.05. The van der Waals surface area contributed by atoms with Gasteiger partial charge in [0.1, 0.15) is 5.60 Å². The van der Waals surface area contributed by atoms with Crippen LogP contribution in [0.4, 0.5) is 18.3 Å². The minimum absolute atomic E-state index is 0.202. The second-order valence-corrected chi connectivity index (χ2v) is 6.12. The molecule has 0 saturated heterocycles. The SMILES string of the molecule is C[C@@H](c1ccccc1)[C@](C)(O)C(=O)Nc1nnc(C(F)(F)F)s1. The Kier molecular flexibility index (Phi) is 4.71. The van der Waals surface area contributed by atoms with E-state index in [1.165, 1.54) is 6.92 Å². The Morgan fingerprint density at radius 1 is 1.26 bits per heavy atom. The van der Waals surface area contributed by atoms with Gasteiger partial charge in [-0.2, -0.15) is 13.2 Å². The largest absolute Gasteiger partial charge is 0.445 e. The molecule has 124 valence electrons. The number of rotatable bonds is 4. The molecule has 5 nitrogen and oxygen atoms in total. The monoisotopic (exact) mass is 345 g/mol. The smallest absolute Gasteiger partial charge is 0.380 e. The third kappa shape index (κ3) is 3.85. The molecule has 1 amide bonds. The molecule has 2 atom stereocenters. The standard InChI is InChI=1S/C14H14F3N3O2S/c1-8(9-6-4-3-5-7-9)13(2,22)10(21)18-12-20-19-11(23-12)14(15,16)17/h3-8,22H,1-2H3,(H,18,20,21)/t8-,13-/m0/s1. The second kappa shape index (κ2) is 6.25. The van der Waals surface area contributed by atoms with Gasteiger partial charge in [0.2, 0.25) is 10.1 Å². The summed E-state index contributed by atoms with van der Waals surface area (Å²) >= 11 is 0.202. The van der Waals surface area contributed by atoms with Crippen LogP contribution >= 0.6 is 11.3 Å². The highest BCUT2D eigenvalue weighted by Crippen LogP contribution is 2.34. The number of nitrogens with zero attached hydrogens (tertiary/aromatic N) is 2. The first-order valence-electron chi connectivity index (χ1n) is 6.62. The van der Waals surface area contributed by atoms with E-state index >= 15 is 0 Å². The van der Waals surface area contributed by atoms with Crippen molar-refractivity contribution in [1.29, 1.82) is 0 Å². The topological polar surface area (TPSA) is 75.1 Å². The van der Waals surface area contributed by atoms with Gasteiger partial charge >= 0.3 is 6.18 Å². The number of aliphatic hydroxyl groups is 1. The van der Waals surface area contributed by atoms with E-state index in [9.17, 15) is 23.1 Å². The number of halogens is 3. The number of carbonyl (C=O) groups excluding carboxylic acids is 1. The lowest BCUT2D eigenvalue weighted by Crippen LogP contribution is -2.44. The number of benzene rings is 1. The van der Waals surface area contributed by atoms with Gasteiger partial charge in [-0.05, 0) is 12.5 Å². The number of alkyl halides is 3. The maximum Gasteiger partial charge on any atom is 0.445 e. The van der Waals surface area contributed by atoms with E-state index in [1.807, 2.05) is 0 Å². The van der Waals surface area contributed by atoms with Crippen LogP contribution in [-0.2, 0) is 11.0 Å². The minimum Gasteiger partial charge on any atom is -0.380 e. The molecule has 1 heterocycles. The van der Waals surface area contributed by atoms with Crippen LogP contribution in [0.2, 0.25) is 0 Å². The molecule has 9 heteroatoms. The first-order valence-corrected chi connectivity index (χ1v) is 7.43. The first-order chi connectivity index (χ1) is 10.6. The summed E-state index contributed by atoms with van der Waals surface area (Å²) in [4.78, 5) is 12.2. The fourth-order valence-electron chi connectivity index (χ4n) is 1.87. The first kappa shape index (κ1) is 17.4. The highest BCUT2D eigenvalue weighted by atomic mass is 32.1. The van der Waals surface area contributed by atoms with E-state index in [0.29, 0.717) is 0 Å². The minimum atomic E-state index is -4.62. The fourth-order valence-corrected chi connectivity index (χ4v) is 2.48. The van der Waals surface area contributed by atoms with Crippen molar-refractivity contribution in [2.24, 2.45) is 0 Å². The van der Waals surface area contributed by atoms with Gasteiger partial charge in [-0.1, -0.05) is 48.6 Å². The maximum absolute atomic E-state index is 12.5. The van der Waals surface area contributed by atoms with E-state index in [2.05, 4.69) is 15.5 Å². The summed E-state index contributed by atoms with van der Waals surface area (Å²) in [6.07, 6.45) is -4.62. The zero-order valence-electron chi connectivity index (χ0n) is 12.3. The molecule has 0 aliphatic carbocycles. The Labute approximate surface area is 134 Å². The number of amides is 1. The Bertz CT molecular complexity index is 686. The zero-order valence-corrected chi connectivity index (χ0v) is 13.1. The summed E-state index contributed by atoms with van der Waals surface area (Å²) < 4.78 is 37.4. The van der Waals surface area contributed by atoms with Crippen LogP contribution in [0, 0.1) is 0 Å². The lowest BCUT2D eigenvalue weighted by Gasteiger charge is -2.28. The summed E-state index contributed by atoms with van der Waals surface area (Å²) in [6, 6.07) is 8.82. The van der Waals surface area contributed by atoms with Crippen molar-refractivity contribution in [3.8, 4) is 0 Å². The van der Waals surface area contributed by atoms with Crippen molar-refractivity contribution in [3.05, 3.63) is 40.9 Å². The van der Waals surface area contributed by atoms with Crippen molar-refractivity contribution in [1.82, 2.24) is 10.2 Å². The predicted molar refractivity (Wildman–Crippen MR) is 79.0 cm³/mol. The molecule has 23 heavy (non-hydrogen) atoms. The number of anilines is 1. The lowest BCUT2D eigenvalue weighted by molar-refractivity contribution is -0.138. The molecular weight excluding hydrogens is 331 g/mol. The number of nitrogens with one attached hydrogen (secondary N) is 1. The van der Waals surface area contributed by atoms with Gasteiger partial charge in [-0.15, -0.1) is 10.2 Å². The summed E-state index contributed by atoms with van der Waals surface area (Å²) in [5, 5.41) is 17.4. The third-order valence-corrected chi connectivity index (χ3v) is 4.37. The Balaban J connectivity index is 2.14. The molecule has 1 aromatic heterocycles. The van der Waals surface area contributed by atoms with E-state index in [0.717, 1.165) is 5.56 Å². The molecule has 0 unspecified atom stereocenters. The summed E-state index contributed by atoms with van der Waals surface area (Å²) in [6.45, 7) is 2.95. The van der Waals surface area contributed by atoms with Crippen molar-refractivity contribution in [2.45, 2.75) is 31.5 Å². The Hall–Kier alpha value is -2.00. The number of aromatic nitrogens is 2. The van der Waals surface area contributed by atoms with Gasteiger partial charge in [-0.25, -0.2) is 0 Å². The molecule has 2 aromatic rings. The normalized spacial score (nSPS) is 15.7. The van der Waals surface area contributed by atoms with Crippen LogP contribution in [0.3, 0.4) is 0 Å². The molecule has 2 rings (SSSR count). The van der Waals surface area contributed by atoms with Gasteiger partial charge in [0, 0.05) is 5.92 Å². The number of hydrogen-bond donors (Lipinski definition) is 2. The summed E-state index contributed by atoms with van der Waals surface area (Å²) in [5.74, 6) is -1.42. The van der Waals surface area contributed by atoms with Crippen LogP contribution in [0.25, 0.3) is 0 Å². The average molecular weight is 345 g/mol. The highest BCUT2D eigenvalue weighted by molar-refractivity contribution is 7.15. The van der Waals surface area contributed by atoms with Gasteiger partial charge in [0.05, 0.1) is 0 Å². The molecule has 0 aliphatic rings. The molecule has 0 spiro atoms. The van der Waals surface area contributed by atoms with E-state index < -0.39 is 28.6 Å². The lowest BCUT2D eigenvalue weighted by atomic mass is 9.84. The zero-order chi connectivity index (χ0) is 17.3. The molecule has 1 aromatic carbocycles. The van der Waals surface area contributed by atoms with Gasteiger partial charge in [-0.3, -0.25) is 10.1 Å². The Morgan fingerprint density at radius 2 is 1.87 bits per heavy atom. The molecule has 0 radical (unpaired) electrons. The molecular formula is C14H14F3N3O2S. The van der Waals surface area contributed by atoms with Crippen molar-refractivity contribution in [3.63, 3.8) is 0 Å². The number of hydrogen-bond acceptors (Lipinski definition) is 5. The van der Waals surface area contributed by atoms with E-state index in [-0.39, 0.29) is 16.5 Å². The van der Waals surface area contributed by atoms with Crippen LogP contribution in [0.15, 0.2) is 30.3 Å². The quantitative estimate of drug-likeness (QED) is 0.893. The van der Waals surface area contributed by atoms with Crippen molar-refractivity contribution >= 4 is 22.4 Å². The van der Waals surface area contributed by atoms with Gasteiger partial charge in [0.15, 0.2) is 0 Å². The van der Waals surface area contributed by atoms with Crippen LogP contribution in [0.1, 0.15) is 30.3 Å². The molecule has 0 bridgehead atoms. The van der Waals surface area contributed by atoms with Crippen LogP contribution < -0.4 is 5.32 Å². The Morgan fingerprint density at radius 3 is 2.39 bits per heavy atom. The highest BCUT2D eigenvalue weighted by Gasteiger charge is 2.39. The van der Waals surface area contributed by atoms with Crippen molar-refractivity contribution in [2.75, 3.05) is 5.32 Å². The van der Waals surface area contributed by atoms with E-state index in [4.69, 9.17) is 0 Å². The van der Waals surface area contributed by atoms with E-state index in [1.54, 1.807) is 37.3 Å². The third-order valence-electron chi connectivity index (χ3n) is 3.49.